The average Bonchev–Trinajstić information content (AvgIpc) is 3.42. The van der Waals surface area contributed by atoms with Gasteiger partial charge in [0, 0.05) is 48.2 Å². The molecule has 0 saturated carbocycles. The van der Waals surface area contributed by atoms with Gasteiger partial charge in [0.05, 0.1) is 22.6 Å². The van der Waals surface area contributed by atoms with Gasteiger partial charge in [0.1, 0.15) is 5.69 Å². The molecule has 8 heteroatoms. The second-order valence-corrected chi connectivity index (χ2v) is 11.5. The van der Waals surface area contributed by atoms with Crippen molar-refractivity contribution in [3.63, 3.8) is 0 Å². The number of carbonyl (C=O) groups is 1. The minimum Gasteiger partial charge on any atom is -0.367 e. The van der Waals surface area contributed by atoms with E-state index in [2.05, 4.69) is 77.4 Å². The third kappa shape index (κ3) is 5.28. The van der Waals surface area contributed by atoms with E-state index in [9.17, 15) is 4.79 Å². The topological polar surface area (TPSA) is 83.3 Å². The number of rotatable bonds is 7. The fraction of sp³-hybridized carbons (Fsp3) is 0.242. The monoisotopic (exact) mass is 562 g/mol. The van der Waals surface area contributed by atoms with Gasteiger partial charge in [0.2, 0.25) is 0 Å². The van der Waals surface area contributed by atoms with Crippen molar-refractivity contribution in [1.82, 2.24) is 25.7 Å². The van der Waals surface area contributed by atoms with Crippen LogP contribution in [-0.4, -0.2) is 41.4 Å². The van der Waals surface area contributed by atoms with Gasteiger partial charge in [-0.3, -0.25) is 14.5 Å². The maximum Gasteiger partial charge on any atom is 0.169 e. The average molecular weight is 563 g/mol. The second-order valence-electron chi connectivity index (χ2n) is 10.5. The number of dihydropyridines is 1. The molecule has 0 amide bonds. The molecule has 3 aromatic rings. The van der Waals surface area contributed by atoms with Crippen molar-refractivity contribution in [3.05, 3.63) is 104 Å². The van der Waals surface area contributed by atoms with Crippen LogP contribution in [0.2, 0.25) is 0 Å². The third-order valence-electron chi connectivity index (χ3n) is 7.57. The lowest BCUT2D eigenvalue weighted by atomic mass is 9.94. The summed E-state index contributed by atoms with van der Waals surface area (Å²) in [6.45, 7) is 8.20. The zero-order chi connectivity index (χ0) is 28.5. The van der Waals surface area contributed by atoms with Crippen molar-refractivity contribution in [1.29, 1.82) is 0 Å². The van der Waals surface area contributed by atoms with Gasteiger partial charge in [0.15, 0.2) is 5.78 Å². The van der Waals surface area contributed by atoms with Crippen molar-refractivity contribution in [2.24, 2.45) is 12.0 Å². The Morgan fingerprint density at radius 1 is 1.24 bits per heavy atom. The Morgan fingerprint density at radius 2 is 2.12 bits per heavy atom. The smallest absolute Gasteiger partial charge is 0.169 e. The molecular formula is C33H34N6OS. The number of likely N-dealkylation sites (N-methyl/N-ethyl adjacent to an activating group) is 1. The van der Waals surface area contributed by atoms with E-state index >= 15 is 0 Å². The lowest BCUT2D eigenvalue weighted by Crippen LogP contribution is -2.20. The summed E-state index contributed by atoms with van der Waals surface area (Å²) in [7, 11) is 2.01. The normalized spacial score (nSPS) is 16.7. The molecule has 3 N–H and O–H groups in total. The molecule has 1 aromatic carbocycles. The first-order valence-electron chi connectivity index (χ1n) is 14.0. The summed E-state index contributed by atoms with van der Waals surface area (Å²) in [4.78, 5) is 18.4. The molecule has 0 atom stereocenters. The molecule has 41 heavy (non-hydrogen) atoms. The van der Waals surface area contributed by atoms with E-state index in [1.165, 1.54) is 28.0 Å². The minimum absolute atomic E-state index is 0.0926. The summed E-state index contributed by atoms with van der Waals surface area (Å²) in [6, 6.07) is 8.45. The molecule has 2 aromatic heterocycles. The molecule has 0 aliphatic carbocycles. The molecule has 3 aliphatic heterocycles. The van der Waals surface area contributed by atoms with Crippen molar-refractivity contribution in [3.8, 4) is 0 Å². The van der Waals surface area contributed by atoms with Gasteiger partial charge in [0.25, 0.3) is 0 Å². The van der Waals surface area contributed by atoms with Crippen LogP contribution in [-0.2, 0) is 7.05 Å². The summed E-state index contributed by atoms with van der Waals surface area (Å²) in [5.74, 6) is 0.0926. The van der Waals surface area contributed by atoms with Gasteiger partial charge in [-0.15, -0.1) is 11.3 Å². The van der Waals surface area contributed by atoms with E-state index in [1.54, 1.807) is 6.92 Å². The number of aliphatic imine (C=N–C) groups is 1. The first-order chi connectivity index (χ1) is 19.9. The van der Waals surface area contributed by atoms with E-state index in [-0.39, 0.29) is 5.78 Å². The van der Waals surface area contributed by atoms with Crippen LogP contribution in [0.25, 0.3) is 27.7 Å². The number of nitrogens with one attached hydrogen (secondary N) is 3. The molecule has 0 fully saturated rings. The molecular weight excluding hydrogens is 528 g/mol. The molecule has 3 aliphatic rings. The predicted molar refractivity (Wildman–Crippen MR) is 171 cm³/mol. The first-order valence-corrected chi connectivity index (χ1v) is 14.8. The number of hydrogen-bond acceptors (Lipinski definition) is 7. The van der Waals surface area contributed by atoms with Crippen LogP contribution in [0.5, 0.6) is 0 Å². The highest BCUT2D eigenvalue weighted by Crippen LogP contribution is 2.38. The molecule has 0 spiro atoms. The summed E-state index contributed by atoms with van der Waals surface area (Å²) < 4.78 is 1.98. The number of hydrogen-bond donors (Lipinski definition) is 3. The Hall–Kier alpha value is -4.27. The Bertz CT molecular complexity index is 1770. The summed E-state index contributed by atoms with van der Waals surface area (Å²) >= 11 is 1.54. The number of carbonyl (C=O) groups excluding carboxylic acids is 1. The van der Waals surface area contributed by atoms with Crippen molar-refractivity contribution >= 4 is 51.1 Å². The van der Waals surface area contributed by atoms with Crippen LogP contribution in [0.4, 0.5) is 0 Å². The molecule has 208 valence electrons. The van der Waals surface area contributed by atoms with Gasteiger partial charge in [-0.05, 0) is 103 Å². The molecule has 0 bridgehead atoms. The second kappa shape index (κ2) is 11.3. The van der Waals surface area contributed by atoms with E-state index in [4.69, 9.17) is 5.10 Å². The zero-order valence-electron chi connectivity index (χ0n) is 23.8. The lowest BCUT2D eigenvalue weighted by molar-refractivity contribution is 0.102. The fourth-order valence-corrected chi connectivity index (χ4v) is 6.55. The summed E-state index contributed by atoms with van der Waals surface area (Å²) in [6.07, 6.45) is 15.3. The quantitative estimate of drug-likeness (QED) is 0.313. The number of ketones is 1. The van der Waals surface area contributed by atoms with Crippen molar-refractivity contribution in [2.45, 2.75) is 27.2 Å². The first kappa shape index (κ1) is 26.9. The predicted octanol–water partition coefficient (Wildman–Crippen LogP) is 5.90. The Labute approximate surface area is 244 Å². The number of aryl methyl sites for hydroxylation is 2. The molecule has 6 rings (SSSR count). The summed E-state index contributed by atoms with van der Waals surface area (Å²) in [5, 5.41) is 16.5. The fourth-order valence-electron chi connectivity index (χ4n) is 5.59. The molecule has 5 heterocycles. The number of thiophene rings is 1. The molecule has 0 radical (unpaired) electrons. The molecule has 7 nitrogen and oxygen atoms in total. The molecule has 0 unspecified atom stereocenters. The van der Waals surface area contributed by atoms with Gasteiger partial charge in [-0.2, -0.15) is 5.10 Å². The van der Waals surface area contributed by atoms with Gasteiger partial charge in [-0.25, -0.2) is 0 Å². The Kier molecular flexibility index (Phi) is 7.43. The summed E-state index contributed by atoms with van der Waals surface area (Å²) in [5.41, 5.74) is 11.1. The van der Waals surface area contributed by atoms with Crippen LogP contribution in [0, 0.1) is 6.92 Å². The van der Waals surface area contributed by atoms with Gasteiger partial charge < -0.3 is 16.0 Å². The zero-order valence-corrected chi connectivity index (χ0v) is 24.7. The highest BCUT2D eigenvalue weighted by Gasteiger charge is 2.24. The van der Waals surface area contributed by atoms with Crippen LogP contribution in [0.1, 0.15) is 51.6 Å². The lowest BCUT2D eigenvalue weighted by Gasteiger charge is -2.22. The van der Waals surface area contributed by atoms with E-state index in [0.717, 1.165) is 74.0 Å². The Balaban J connectivity index is 1.36. The number of Topliss-reactive ketones (excluding diaryl/α,β-unsaturated/α-hetero) is 1. The highest BCUT2D eigenvalue weighted by molar-refractivity contribution is 7.15. The minimum atomic E-state index is 0.0926. The number of benzene rings is 1. The van der Waals surface area contributed by atoms with Crippen molar-refractivity contribution < 1.29 is 4.79 Å². The number of fused-ring (bicyclic) bond motifs is 1. The van der Waals surface area contributed by atoms with Crippen LogP contribution < -0.4 is 16.0 Å². The third-order valence-corrected chi connectivity index (χ3v) is 8.79. The number of allylic oxidation sites excluding steroid dienone is 6. The van der Waals surface area contributed by atoms with E-state index in [0.29, 0.717) is 6.54 Å². The SMILES string of the molecule is CCNCC1=CC(c2cc(C)c3c(c2)c(C2=CCC4=C(CN=CC=C4c4ccc(C(C)=O)s4)N2)nn3C)=CNC=C1. The molecule has 0 saturated heterocycles. The number of aromatic nitrogens is 2. The van der Waals surface area contributed by atoms with Crippen LogP contribution >= 0.6 is 11.3 Å². The standard InChI is InChI=1S/C33H34N6OS/c1-5-34-17-22-10-12-35-18-24(15-22)23-14-20(2)33-27(16-23)32(38-39(33)4)28-7-6-25-26(11-13-36-19-29(25)37-28)31-9-8-30(41-31)21(3)40/h7-16,18,34-35,37H,5-6,17,19H2,1-4H3. The number of nitrogens with zero attached hydrogens (tertiary/aromatic N) is 3. The Morgan fingerprint density at radius 3 is 2.93 bits per heavy atom. The van der Waals surface area contributed by atoms with Gasteiger partial charge >= 0.3 is 0 Å². The van der Waals surface area contributed by atoms with Crippen LogP contribution in [0.3, 0.4) is 0 Å². The maximum atomic E-state index is 11.9. The highest BCUT2D eigenvalue weighted by atomic mass is 32.1. The largest absolute Gasteiger partial charge is 0.367 e. The van der Waals surface area contributed by atoms with Gasteiger partial charge in [-0.1, -0.05) is 13.0 Å². The van der Waals surface area contributed by atoms with Crippen molar-refractivity contribution in [2.75, 3.05) is 19.6 Å². The van der Waals surface area contributed by atoms with E-state index in [1.807, 2.05) is 36.3 Å². The van der Waals surface area contributed by atoms with Crippen LogP contribution in [0.15, 0.2) is 82.8 Å². The maximum absolute atomic E-state index is 11.9. The van der Waals surface area contributed by atoms with E-state index < -0.39 is 0 Å².